The lowest BCUT2D eigenvalue weighted by Gasteiger charge is -2.27. The van der Waals surface area contributed by atoms with Crippen LogP contribution in [0.2, 0.25) is 0 Å². The van der Waals surface area contributed by atoms with Gasteiger partial charge in [0.25, 0.3) is 5.91 Å². The van der Waals surface area contributed by atoms with Crippen molar-refractivity contribution in [2.45, 2.75) is 26.4 Å². The summed E-state index contributed by atoms with van der Waals surface area (Å²) in [6.07, 6.45) is 0. The van der Waals surface area contributed by atoms with Crippen LogP contribution in [0.5, 0.6) is 0 Å². The molecule has 1 atom stereocenters. The van der Waals surface area contributed by atoms with Crippen LogP contribution < -0.4 is 5.32 Å². The minimum absolute atomic E-state index is 0.0159. The van der Waals surface area contributed by atoms with Gasteiger partial charge in [-0.05, 0) is 37.1 Å². The number of carboxylic acid groups (broad SMARTS) is 1. The number of hydrogen-bond donors (Lipinski definition) is 3. The molecule has 1 aromatic carbocycles. The Morgan fingerprint density at radius 3 is 2.11 bits per heavy atom. The van der Waals surface area contributed by atoms with E-state index in [4.69, 9.17) is 5.11 Å². The van der Waals surface area contributed by atoms with Gasteiger partial charge in [-0.2, -0.15) is 0 Å². The molecule has 0 heterocycles. The maximum Gasteiger partial charge on any atom is 0.335 e. The van der Waals surface area contributed by atoms with E-state index in [1.165, 1.54) is 24.3 Å². The second-order valence-corrected chi connectivity index (χ2v) is 5.08. The fourth-order valence-electron chi connectivity index (χ4n) is 1.33. The number of aromatic carboxylic acids is 1. The highest BCUT2D eigenvalue weighted by Crippen LogP contribution is 2.14. The van der Waals surface area contributed by atoms with Crippen molar-refractivity contribution in [1.29, 1.82) is 0 Å². The van der Waals surface area contributed by atoms with Crippen LogP contribution in [0.1, 0.15) is 41.5 Å². The molecule has 0 bridgehead atoms. The lowest BCUT2D eigenvalue weighted by molar-refractivity contribution is 0.0142. The average molecular weight is 265 g/mol. The Morgan fingerprint density at radius 1 is 1.21 bits per heavy atom. The summed E-state index contributed by atoms with van der Waals surface area (Å²) in [6, 6.07) is 5.64. The van der Waals surface area contributed by atoms with Gasteiger partial charge in [0.15, 0.2) is 0 Å². The van der Waals surface area contributed by atoms with E-state index in [9.17, 15) is 14.7 Å². The molecule has 3 N–H and O–H groups in total. The third-order valence-electron chi connectivity index (χ3n) is 3.24. The predicted molar refractivity (Wildman–Crippen MR) is 71.2 cm³/mol. The first-order valence-electron chi connectivity index (χ1n) is 6.08. The third kappa shape index (κ3) is 4.06. The highest BCUT2D eigenvalue weighted by atomic mass is 16.4. The van der Waals surface area contributed by atoms with Gasteiger partial charge < -0.3 is 15.5 Å². The number of nitrogens with one attached hydrogen (secondary N) is 1. The van der Waals surface area contributed by atoms with Gasteiger partial charge >= 0.3 is 5.97 Å². The Kier molecular flexibility index (Phi) is 4.67. The molecule has 1 rings (SSSR count). The van der Waals surface area contributed by atoms with Gasteiger partial charge in [-0.25, -0.2) is 4.79 Å². The summed E-state index contributed by atoms with van der Waals surface area (Å²) in [5, 5.41) is 21.4. The molecule has 5 nitrogen and oxygen atoms in total. The minimum Gasteiger partial charge on any atom is -0.478 e. The number of rotatable bonds is 5. The smallest absolute Gasteiger partial charge is 0.335 e. The molecular formula is C14H19NO4. The highest BCUT2D eigenvalue weighted by Gasteiger charge is 2.25. The van der Waals surface area contributed by atoms with Crippen molar-refractivity contribution in [3.63, 3.8) is 0 Å². The number of carbonyl (C=O) groups is 2. The summed E-state index contributed by atoms with van der Waals surface area (Å²) in [6.45, 7) is 5.54. The third-order valence-corrected chi connectivity index (χ3v) is 3.24. The van der Waals surface area contributed by atoms with Gasteiger partial charge in [0, 0.05) is 12.1 Å². The average Bonchev–Trinajstić information content (AvgIpc) is 2.36. The van der Waals surface area contributed by atoms with Gasteiger partial charge in [-0.3, -0.25) is 4.79 Å². The number of benzene rings is 1. The normalized spacial score (nSPS) is 13.9. The number of aliphatic hydroxyl groups is 1. The lowest BCUT2D eigenvalue weighted by atomic mass is 9.92. The standard InChI is InChI=1S/C14H19NO4/c1-9(2)14(3,19)8-15-12(16)10-4-6-11(7-5-10)13(17)18/h4-7,9,19H,8H2,1-3H3,(H,15,16)(H,17,18). The molecule has 0 aliphatic heterocycles. The number of amides is 1. The van der Waals surface area contributed by atoms with Gasteiger partial charge in [-0.15, -0.1) is 0 Å². The molecule has 19 heavy (non-hydrogen) atoms. The second-order valence-electron chi connectivity index (χ2n) is 5.08. The molecule has 0 spiro atoms. The summed E-state index contributed by atoms with van der Waals surface area (Å²) in [4.78, 5) is 22.5. The monoisotopic (exact) mass is 265 g/mol. The Balaban J connectivity index is 2.66. The van der Waals surface area contributed by atoms with E-state index in [2.05, 4.69) is 5.32 Å². The van der Waals surface area contributed by atoms with Crippen molar-refractivity contribution in [2.75, 3.05) is 6.54 Å². The molecule has 0 aliphatic rings. The van der Waals surface area contributed by atoms with E-state index in [-0.39, 0.29) is 23.9 Å². The molecule has 1 unspecified atom stereocenters. The van der Waals surface area contributed by atoms with Crippen LogP contribution >= 0.6 is 0 Å². The van der Waals surface area contributed by atoms with E-state index < -0.39 is 11.6 Å². The Labute approximate surface area is 112 Å². The van der Waals surface area contributed by atoms with Crippen molar-refractivity contribution in [3.8, 4) is 0 Å². The van der Waals surface area contributed by atoms with Crippen molar-refractivity contribution in [2.24, 2.45) is 5.92 Å². The van der Waals surface area contributed by atoms with E-state index in [1.807, 2.05) is 13.8 Å². The van der Waals surface area contributed by atoms with E-state index in [0.29, 0.717) is 5.56 Å². The van der Waals surface area contributed by atoms with Crippen LogP contribution in [0.15, 0.2) is 24.3 Å². The van der Waals surface area contributed by atoms with Crippen LogP contribution in [0.25, 0.3) is 0 Å². The molecule has 5 heteroatoms. The fourth-order valence-corrected chi connectivity index (χ4v) is 1.33. The lowest BCUT2D eigenvalue weighted by Crippen LogP contribution is -2.44. The quantitative estimate of drug-likeness (QED) is 0.753. The maximum atomic E-state index is 11.8. The van der Waals surface area contributed by atoms with Crippen LogP contribution in [0.3, 0.4) is 0 Å². The number of carbonyl (C=O) groups excluding carboxylic acids is 1. The molecule has 1 aromatic rings. The van der Waals surface area contributed by atoms with E-state index in [0.717, 1.165) is 0 Å². The highest BCUT2D eigenvalue weighted by molar-refractivity contribution is 5.95. The van der Waals surface area contributed by atoms with Crippen LogP contribution in [-0.4, -0.2) is 34.2 Å². The first-order valence-corrected chi connectivity index (χ1v) is 6.08. The number of carboxylic acids is 1. The Morgan fingerprint density at radius 2 is 1.68 bits per heavy atom. The van der Waals surface area contributed by atoms with Gasteiger partial charge in [0.05, 0.1) is 11.2 Å². The molecule has 0 aromatic heterocycles. The summed E-state index contributed by atoms with van der Waals surface area (Å²) in [5.74, 6) is -1.35. The minimum atomic E-state index is -1.03. The topological polar surface area (TPSA) is 86.6 Å². The molecule has 0 saturated heterocycles. The van der Waals surface area contributed by atoms with Crippen molar-refractivity contribution >= 4 is 11.9 Å². The molecule has 0 saturated carbocycles. The van der Waals surface area contributed by atoms with Gasteiger partial charge in [-0.1, -0.05) is 13.8 Å². The molecular weight excluding hydrogens is 246 g/mol. The number of hydrogen-bond acceptors (Lipinski definition) is 3. The SMILES string of the molecule is CC(C)C(C)(O)CNC(=O)c1ccc(C(=O)O)cc1. The summed E-state index contributed by atoms with van der Waals surface area (Å²) in [5.41, 5.74) is -0.480. The summed E-state index contributed by atoms with van der Waals surface area (Å²) < 4.78 is 0. The van der Waals surface area contributed by atoms with Gasteiger partial charge in [0.2, 0.25) is 0 Å². The van der Waals surface area contributed by atoms with E-state index >= 15 is 0 Å². The molecule has 0 aliphatic carbocycles. The first-order chi connectivity index (χ1) is 8.74. The van der Waals surface area contributed by atoms with Crippen LogP contribution in [0.4, 0.5) is 0 Å². The van der Waals surface area contributed by atoms with Crippen LogP contribution in [-0.2, 0) is 0 Å². The van der Waals surface area contributed by atoms with Crippen molar-refractivity contribution in [3.05, 3.63) is 35.4 Å². The Hall–Kier alpha value is -1.88. The molecule has 0 fully saturated rings. The zero-order chi connectivity index (χ0) is 14.6. The molecule has 0 radical (unpaired) electrons. The maximum absolute atomic E-state index is 11.8. The van der Waals surface area contributed by atoms with E-state index in [1.54, 1.807) is 6.92 Å². The van der Waals surface area contributed by atoms with Gasteiger partial charge in [0.1, 0.15) is 0 Å². The Bertz CT molecular complexity index is 463. The molecule has 1 amide bonds. The van der Waals surface area contributed by atoms with Crippen molar-refractivity contribution < 1.29 is 19.8 Å². The summed E-state index contributed by atoms with van der Waals surface area (Å²) >= 11 is 0. The fraction of sp³-hybridized carbons (Fsp3) is 0.429. The van der Waals surface area contributed by atoms with Crippen molar-refractivity contribution in [1.82, 2.24) is 5.32 Å². The largest absolute Gasteiger partial charge is 0.478 e. The predicted octanol–water partition coefficient (Wildman–Crippen LogP) is 1.52. The first kappa shape index (κ1) is 15.2. The second kappa shape index (κ2) is 5.84. The zero-order valence-corrected chi connectivity index (χ0v) is 11.3. The molecule has 104 valence electrons. The zero-order valence-electron chi connectivity index (χ0n) is 11.3. The summed E-state index contributed by atoms with van der Waals surface area (Å²) in [7, 11) is 0. The van der Waals surface area contributed by atoms with Crippen LogP contribution in [0, 0.1) is 5.92 Å².